The first-order chi connectivity index (χ1) is 9.16. The molecule has 1 aromatic carbocycles. The van der Waals surface area contributed by atoms with E-state index in [0.29, 0.717) is 5.92 Å². The van der Waals surface area contributed by atoms with Gasteiger partial charge in [-0.25, -0.2) is 4.98 Å². The normalized spacial score (nSPS) is 19.6. The summed E-state index contributed by atoms with van der Waals surface area (Å²) >= 11 is 1.75. The zero-order chi connectivity index (χ0) is 13.4. The van der Waals surface area contributed by atoms with Crippen LogP contribution in [-0.4, -0.2) is 11.6 Å². The summed E-state index contributed by atoms with van der Waals surface area (Å²) in [6.07, 6.45) is 0.988. The second-order valence-electron chi connectivity index (χ2n) is 5.02. The maximum Gasteiger partial charge on any atom is 0.123 e. The van der Waals surface area contributed by atoms with Crippen LogP contribution in [0.5, 0.6) is 5.75 Å². The van der Waals surface area contributed by atoms with E-state index >= 15 is 0 Å². The Labute approximate surface area is 117 Å². The molecule has 1 aliphatic rings. The number of benzene rings is 1. The molecule has 2 N–H and O–H groups in total. The fraction of sp³-hybridized carbons (Fsp3) is 0.400. The quantitative estimate of drug-likeness (QED) is 0.913. The zero-order valence-electron chi connectivity index (χ0n) is 11.2. The van der Waals surface area contributed by atoms with Crippen molar-refractivity contribution in [1.29, 1.82) is 0 Å². The molecule has 0 amide bonds. The van der Waals surface area contributed by atoms with Crippen LogP contribution >= 0.6 is 11.3 Å². The summed E-state index contributed by atoms with van der Waals surface area (Å²) in [5, 5.41) is 1.17. The number of hydrogen-bond donors (Lipinski definition) is 1. The Morgan fingerprint density at radius 1 is 1.42 bits per heavy atom. The first kappa shape index (κ1) is 12.6. The molecule has 2 aromatic rings. The lowest BCUT2D eigenvalue weighted by molar-refractivity contribution is 0.277. The second-order valence-corrected chi connectivity index (χ2v) is 6.08. The molecule has 2 atom stereocenters. The monoisotopic (exact) mass is 274 g/mol. The van der Waals surface area contributed by atoms with Crippen LogP contribution in [-0.2, 0) is 0 Å². The lowest BCUT2D eigenvalue weighted by atomic mass is 9.94. The summed E-state index contributed by atoms with van der Waals surface area (Å²) in [5.74, 6) is 1.34. The van der Waals surface area contributed by atoms with Crippen LogP contribution in [0, 0.1) is 6.92 Å². The van der Waals surface area contributed by atoms with Gasteiger partial charge in [-0.05, 0) is 26.3 Å². The molecule has 1 aromatic heterocycles. The molecule has 0 aliphatic carbocycles. The maximum atomic E-state index is 6.00. The van der Waals surface area contributed by atoms with E-state index in [1.165, 1.54) is 15.4 Å². The number of rotatable bonds is 2. The number of nitrogens with two attached hydrogens (primary N) is 1. The summed E-state index contributed by atoms with van der Waals surface area (Å²) in [6, 6.07) is 8.31. The third-order valence-corrected chi connectivity index (χ3v) is 4.99. The number of thiazole rings is 1. The fourth-order valence-electron chi connectivity index (χ4n) is 2.60. The number of fused-ring (bicyclic) bond motifs is 1. The fourth-order valence-corrected chi connectivity index (χ4v) is 3.77. The Morgan fingerprint density at radius 2 is 2.21 bits per heavy atom. The van der Waals surface area contributed by atoms with Crippen LogP contribution in [0.25, 0.3) is 0 Å². The van der Waals surface area contributed by atoms with Crippen molar-refractivity contribution in [2.45, 2.75) is 32.2 Å². The molecule has 0 fully saturated rings. The third-order valence-electron chi connectivity index (χ3n) is 3.52. The van der Waals surface area contributed by atoms with Gasteiger partial charge in [0.25, 0.3) is 0 Å². The third kappa shape index (κ3) is 2.26. The van der Waals surface area contributed by atoms with Gasteiger partial charge in [0.2, 0.25) is 0 Å². The van der Waals surface area contributed by atoms with Crippen molar-refractivity contribution in [1.82, 2.24) is 4.98 Å². The van der Waals surface area contributed by atoms with Crippen molar-refractivity contribution < 1.29 is 4.74 Å². The van der Waals surface area contributed by atoms with Crippen molar-refractivity contribution in [3.63, 3.8) is 0 Å². The van der Waals surface area contributed by atoms with E-state index in [4.69, 9.17) is 15.5 Å². The Hall–Kier alpha value is -1.39. The van der Waals surface area contributed by atoms with E-state index in [9.17, 15) is 0 Å². The topological polar surface area (TPSA) is 48.1 Å². The van der Waals surface area contributed by atoms with Crippen LogP contribution in [0.2, 0.25) is 0 Å². The molecule has 4 heteroatoms. The summed E-state index contributed by atoms with van der Waals surface area (Å²) in [6.45, 7) is 4.82. The Morgan fingerprint density at radius 3 is 2.95 bits per heavy atom. The van der Waals surface area contributed by atoms with Gasteiger partial charge in [-0.2, -0.15) is 0 Å². The molecule has 0 spiro atoms. The van der Waals surface area contributed by atoms with Crippen LogP contribution in [0.3, 0.4) is 0 Å². The minimum atomic E-state index is 0.0568. The highest BCUT2D eigenvalue weighted by Crippen LogP contribution is 2.40. The standard InChI is InChI=1S/C15H18N2OS/c1-9(16)14-10(2)17-15(19-14)12-7-8-18-13-6-4-3-5-11(12)13/h3-6,9,12H,7-8,16H2,1-2H3. The number of aromatic nitrogens is 1. The number of nitrogens with zero attached hydrogens (tertiary/aromatic N) is 1. The van der Waals surface area contributed by atoms with Crippen molar-refractivity contribution in [2.24, 2.45) is 5.73 Å². The molecule has 2 heterocycles. The molecule has 1 aliphatic heterocycles. The number of para-hydroxylation sites is 1. The van der Waals surface area contributed by atoms with Gasteiger partial charge in [0.05, 0.1) is 12.3 Å². The van der Waals surface area contributed by atoms with Crippen molar-refractivity contribution in [3.05, 3.63) is 45.4 Å². The van der Waals surface area contributed by atoms with E-state index in [-0.39, 0.29) is 6.04 Å². The lowest BCUT2D eigenvalue weighted by Gasteiger charge is -2.24. The molecule has 100 valence electrons. The molecule has 19 heavy (non-hydrogen) atoms. The predicted octanol–water partition coefficient (Wildman–Crippen LogP) is 3.39. The van der Waals surface area contributed by atoms with E-state index in [0.717, 1.165) is 24.5 Å². The zero-order valence-corrected chi connectivity index (χ0v) is 12.0. The second kappa shape index (κ2) is 4.94. The van der Waals surface area contributed by atoms with Crippen LogP contribution in [0.4, 0.5) is 0 Å². The Kier molecular flexibility index (Phi) is 3.29. The number of hydrogen-bond acceptors (Lipinski definition) is 4. The molecule has 3 rings (SSSR count). The molecule has 3 nitrogen and oxygen atoms in total. The van der Waals surface area contributed by atoms with Gasteiger partial charge < -0.3 is 10.5 Å². The van der Waals surface area contributed by atoms with Gasteiger partial charge in [-0.15, -0.1) is 11.3 Å². The molecule has 0 saturated heterocycles. The van der Waals surface area contributed by atoms with Gasteiger partial charge in [-0.1, -0.05) is 18.2 Å². The summed E-state index contributed by atoms with van der Waals surface area (Å²) in [4.78, 5) is 5.93. The first-order valence-corrected chi connectivity index (χ1v) is 7.43. The van der Waals surface area contributed by atoms with Gasteiger partial charge in [-0.3, -0.25) is 0 Å². The minimum absolute atomic E-state index is 0.0568. The summed E-state index contributed by atoms with van der Waals surface area (Å²) < 4.78 is 5.71. The van der Waals surface area contributed by atoms with Crippen LogP contribution < -0.4 is 10.5 Å². The highest BCUT2D eigenvalue weighted by Gasteiger charge is 2.26. The van der Waals surface area contributed by atoms with Crippen molar-refractivity contribution in [2.75, 3.05) is 6.61 Å². The van der Waals surface area contributed by atoms with Crippen molar-refractivity contribution in [3.8, 4) is 5.75 Å². The SMILES string of the molecule is Cc1nc(C2CCOc3ccccc32)sc1C(C)N. The summed E-state index contributed by atoms with van der Waals surface area (Å²) in [5.41, 5.74) is 8.32. The van der Waals surface area contributed by atoms with E-state index in [1.54, 1.807) is 11.3 Å². The van der Waals surface area contributed by atoms with Crippen LogP contribution in [0.15, 0.2) is 24.3 Å². The number of ether oxygens (including phenoxy) is 1. The molecular formula is C15H18N2OS. The van der Waals surface area contributed by atoms with Gasteiger partial charge in [0.15, 0.2) is 0 Å². The number of aryl methyl sites for hydroxylation is 1. The molecule has 0 saturated carbocycles. The van der Waals surface area contributed by atoms with Gasteiger partial charge >= 0.3 is 0 Å². The maximum absolute atomic E-state index is 6.00. The predicted molar refractivity (Wildman–Crippen MR) is 77.9 cm³/mol. The molecule has 2 unspecified atom stereocenters. The Balaban J connectivity index is 2.02. The van der Waals surface area contributed by atoms with E-state index in [2.05, 4.69) is 12.1 Å². The minimum Gasteiger partial charge on any atom is -0.493 e. The highest BCUT2D eigenvalue weighted by atomic mass is 32.1. The lowest BCUT2D eigenvalue weighted by Crippen LogP contribution is -2.14. The van der Waals surface area contributed by atoms with Crippen LogP contribution in [0.1, 0.15) is 46.4 Å². The molecular weight excluding hydrogens is 256 g/mol. The average Bonchev–Trinajstić information content (AvgIpc) is 2.80. The van der Waals surface area contributed by atoms with E-state index in [1.807, 2.05) is 26.0 Å². The molecule has 0 radical (unpaired) electrons. The van der Waals surface area contributed by atoms with Gasteiger partial charge in [0, 0.05) is 22.4 Å². The smallest absolute Gasteiger partial charge is 0.123 e. The van der Waals surface area contributed by atoms with Crippen molar-refractivity contribution >= 4 is 11.3 Å². The Bertz CT molecular complexity index is 592. The first-order valence-electron chi connectivity index (χ1n) is 6.61. The highest BCUT2D eigenvalue weighted by molar-refractivity contribution is 7.12. The largest absolute Gasteiger partial charge is 0.493 e. The summed E-state index contributed by atoms with van der Waals surface area (Å²) in [7, 11) is 0. The van der Waals surface area contributed by atoms with E-state index < -0.39 is 0 Å². The molecule has 0 bridgehead atoms. The van der Waals surface area contributed by atoms with Gasteiger partial charge in [0.1, 0.15) is 10.8 Å². The average molecular weight is 274 g/mol.